The number of halogens is 4. The maximum Gasteiger partial charge on any atom is 0.419 e. The minimum Gasteiger partial charge on any atom is -0.294 e. The smallest absolute Gasteiger partial charge is 0.294 e. The highest BCUT2D eigenvalue weighted by Gasteiger charge is 2.35. The summed E-state index contributed by atoms with van der Waals surface area (Å²) in [7, 11) is 0. The first-order valence-electron chi connectivity index (χ1n) is 8.48. The minimum atomic E-state index is -4.69. The fraction of sp³-hybridized carbons (Fsp3) is 0.474. The maximum atomic E-state index is 14.2. The van der Waals surface area contributed by atoms with Crippen LogP contribution in [0, 0.1) is 5.82 Å². The third kappa shape index (κ3) is 3.87. The second-order valence-electron chi connectivity index (χ2n) is 7.65. The van der Waals surface area contributed by atoms with Crippen molar-refractivity contribution in [3.63, 3.8) is 0 Å². The summed E-state index contributed by atoms with van der Waals surface area (Å²) in [5.41, 5.74) is 0.594. The Bertz CT molecular complexity index is 809. The molecule has 1 aliphatic heterocycles. The molecule has 0 N–H and O–H groups in total. The van der Waals surface area contributed by atoms with Crippen molar-refractivity contribution in [1.82, 2.24) is 14.9 Å². The summed E-state index contributed by atoms with van der Waals surface area (Å²) in [5.74, 6) is -0.418. The molecule has 1 aliphatic rings. The number of nitrogens with zero attached hydrogens (tertiary/aromatic N) is 3. The van der Waals surface area contributed by atoms with Crippen molar-refractivity contribution in [3.8, 4) is 0 Å². The molecule has 2 heterocycles. The van der Waals surface area contributed by atoms with Gasteiger partial charge in [-0.05, 0) is 6.07 Å². The fourth-order valence-corrected chi connectivity index (χ4v) is 3.03. The van der Waals surface area contributed by atoms with E-state index in [9.17, 15) is 17.6 Å². The van der Waals surface area contributed by atoms with E-state index in [0.717, 1.165) is 23.1 Å². The van der Waals surface area contributed by atoms with Gasteiger partial charge < -0.3 is 0 Å². The zero-order valence-corrected chi connectivity index (χ0v) is 15.0. The summed E-state index contributed by atoms with van der Waals surface area (Å²) in [5, 5.41) is 0. The monoisotopic (exact) mass is 367 g/mol. The van der Waals surface area contributed by atoms with Gasteiger partial charge in [0.25, 0.3) is 0 Å². The molecule has 1 aromatic carbocycles. The molecule has 0 amide bonds. The molecule has 0 radical (unpaired) electrons. The number of fused-ring (bicyclic) bond motifs is 1. The van der Waals surface area contributed by atoms with Gasteiger partial charge in [0.2, 0.25) is 0 Å². The van der Waals surface area contributed by atoms with Crippen molar-refractivity contribution in [2.24, 2.45) is 0 Å². The van der Waals surface area contributed by atoms with Gasteiger partial charge in [0.05, 0.1) is 5.56 Å². The van der Waals surface area contributed by atoms with Crippen LogP contribution in [-0.4, -0.2) is 21.4 Å². The molecule has 26 heavy (non-hydrogen) atoms. The van der Waals surface area contributed by atoms with Crippen LogP contribution in [0.5, 0.6) is 0 Å². The molecule has 3 rings (SSSR count). The summed E-state index contributed by atoms with van der Waals surface area (Å²) in [6.45, 7) is 7.36. The van der Waals surface area contributed by atoms with Crippen LogP contribution in [0.3, 0.4) is 0 Å². The highest BCUT2D eigenvalue weighted by Crippen LogP contribution is 2.33. The topological polar surface area (TPSA) is 29.0 Å². The zero-order valence-electron chi connectivity index (χ0n) is 15.0. The number of aromatic nitrogens is 2. The van der Waals surface area contributed by atoms with E-state index in [1.54, 1.807) is 6.20 Å². The normalized spacial score (nSPS) is 15.8. The average Bonchev–Trinajstić information content (AvgIpc) is 2.54. The van der Waals surface area contributed by atoms with Crippen molar-refractivity contribution >= 4 is 0 Å². The van der Waals surface area contributed by atoms with Crippen molar-refractivity contribution in [2.45, 2.75) is 51.9 Å². The van der Waals surface area contributed by atoms with Gasteiger partial charge in [0.15, 0.2) is 0 Å². The second-order valence-corrected chi connectivity index (χ2v) is 7.65. The Labute approximate surface area is 150 Å². The first-order valence-corrected chi connectivity index (χ1v) is 8.48. The van der Waals surface area contributed by atoms with Crippen LogP contribution in [0.4, 0.5) is 17.6 Å². The van der Waals surface area contributed by atoms with Gasteiger partial charge >= 0.3 is 6.18 Å². The third-order valence-electron chi connectivity index (χ3n) is 4.46. The van der Waals surface area contributed by atoms with E-state index in [1.807, 2.05) is 25.7 Å². The van der Waals surface area contributed by atoms with E-state index >= 15 is 0 Å². The molecule has 3 nitrogen and oxygen atoms in total. The SMILES string of the molecule is CC(C)(C)c1ncc2c(n1)CCN(Cc1cccc(C(F)(F)F)c1F)C2. The summed E-state index contributed by atoms with van der Waals surface area (Å²) in [6.07, 6.45) is -2.25. The van der Waals surface area contributed by atoms with Crippen LogP contribution in [0.25, 0.3) is 0 Å². The molecule has 0 saturated carbocycles. The average molecular weight is 367 g/mol. The van der Waals surface area contributed by atoms with E-state index < -0.39 is 17.6 Å². The van der Waals surface area contributed by atoms with Gasteiger partial charge in [-0.3, -0.25) is 4.90 Å². The molecule has 0 bridgehead atoms. The summed E-state index contributed by atoms with van der Waals surface area (Å²) >= 11 is 0. The van der Waals surface area contributed by atoms with E-state index in [1.165, 1.54) is 12.1 Å². The lowest BCUT2D eigenvalue weighted by atomic mass is 9.95. The zero-order chi connectivity index (χ0) is 19.1. The molecule has 0 aliphatic carbocycles. The van der Waals surface area contributed by atoms with Gasteiger partial charge in [-0.25, -0.2) is 14.4 Å². The van der Waals surface area contributed by atoms with Gasteiger partial charge in [-0.15, -0.1) is 0 Å². The molecule has 2 aromatic rings. The Morgan fingerprint density at radius 1 is 1.15 bits per heavy atom. The fourth-order valence-electron chi connectivity index (χ4n) is 3.03. The van der Waals surface area contributed by atoms with Crippen LogP contribution in [0.15, 0.2) is 24.4 Å². The Balaban J connectivity index is 1.79. The quantitative estimate of drug-likeness (QED) is 0.733. The molecular weight excluding hydrogens is 346 g/mol. The molecule has 1 aromatic heterocycles. The first kappa shape index (κ1) is 18.8. The highest BCUT2D eigenvalue weighted by molar-refractivity contribution is 5.29. The molecule has 0 saturated heterocycles. The Morgan fingerprint density at radius 3 is 2.54 bits per heavy atom. The molecule has 0 spiro atoms. The number of rotatable bonds is 2. The standard InChI is InChI=1S/C19H21F4N3/c1-18(2,3)17-24-9-13-11-26(8-7-15(13)25-17)10-12-5-4-6-14(16(12)20)19(21,22)23/h4-6,9H,7-8,10-11H2,1-3H3. The summed E-state index contributed by atoms with van der Waals surface area (Å²) < 4.78 is 52.8. The van der Waals surface area contributed by atoms with Crippen LogP contribution in [0.1, 0.15) is 49.0 Å². The Morgan fingerprint density at radius 2 is 1.88 bits per heavy atom. The van der Waals surface area contributed by atoms with Crippen molar-refractivity contribution in [2.75, 3.05) is 6.54 Å². The van der Waals surface area contributed by atoms with Gasteiger partial charge in [0.1, 0.15) is 11.6 Å². The van der Waals surface area contributed by atoms with Crippen LogP contribution < -0.4 is 0 Å². The maximum absolute atomic E-state index is 14.2. The van der Waals surface area contributed by atoms with E-state index in [0.29, 0.717) is 19.5 Å². The molecule has 0 atom stereocenters. The summed E-state index contributed by atoms with van der Waals surface area (Å²) in [6, 6.07) is 3.42. The predicted octanol–water partition coefficient (Wildman–Crippen LogP) is 4.49. The van der Waals surface area contributed by atoms with Crippen LogP contribution >= 0.6 is 0 Å². The van der Waals surface area contributed by atoms with E-state index in [2.05, 4.69) is 9.97 Å². The molecule has 0 unspecified atom stereocenters. The van der Waals surface area contributed by atoms with Crippen LogP contribution in [0.2, 0.25) is 0 Å². The molecule has 0 fully saturated rings. The number of benzene rings is 1. The van der Waals surface area contributed by atoms with Crippen molar-refractivity contribution in [3.05, 3.63) is 58.4 Å². The molecule has 140 valence electrons. The third-order valence-corrected chi connectivity index (χ3v) is 4.46. The summed E-state index contributed by atoms with van der Waals surface area (Å²) in [4.78, 5) is 11.0. The minimum absolute atomic E-state index is 0.0514. The van der Waals surface area contributed by atoms with Gasteiger partial charge in [-0.1, -0.05) is 32.9 Å². The van der Waals surface area contributed by atoms with Crippen molar-refractivity contribution < 1.29 is 17.6 Å². The van der Waals surface area contributed by atoms with Gasteiger partial charge in [-0.2, -0.15) is 13.2 Å². The largest absolute Gasteiger partial charge is 0.419 e. The van der Waals surface area contributed by atoms with Crippen LogP contribution in [-0.2, 0) is 31.1 Å². The predicted molar refractivity (Wildman–Crippen MR) is 90.0 cm³/mol. The van der Waals surface area contributed by atoms with E-state index in [-0.39, 0.29) is 17.5 Å². The molecular formula is C19H21F4N3. The van der Waals surface area contributed by atoms with E-state index in [4.69, 9.17) is 0 Å². The van der Waals surface area contributed by atoms with Gasteiger partial charge in [0, 0.05) is 54.5 Å². The second kappa shape index (κ2) is 6.61. The van der Waals surface area contributed by atoms with Crippen molar-refractivity contribution in [1.29, 1.82) is 0 Å². The molecule has 7 heteroatoms. The number of alkyl halides is 3. The Hall–Kier alpha value is -2.02. The number of hydrogen-bond donors (Lipinski definition) is 0. The first-order chi connectivity index (χ1) is 12.1. The lowest BCUT2D eigenvalue weighted by Crippen LogP contribution is -2.32. The number of hydrogen-bond acceptors (Lipinski definition) is 3. The highest BCUT2D eigenvalue weighted by atomic mass is 19.4. The lowest BCUT2D eigenvalue weighted by Gasteiger charge is -2.29. The lowest BCUT2D eigenvalue weighted by molar-refractivity contribution is -0.140. The Kier molecular flexibility index (Phi) is 4.77.